The van der Waals surface area contributed by atoms with Gasteiger partial charge in [0.15, 0.2) is 0 Å². The number of rotatable bonds is 3. The Morgan fingerprint density at radius 3 is 2.43 bits per heavy atom. The zero-order valence-corrected chi connectivity index (χ0v) is 18.3. The molecule has 0 radical (unpaired) electrons. The molecule has 1 amide bonds. The lowest BCUT2D eigenvalue weighted by molar-refractivity contribution is -0.0118. The number of amides is 1. The van der Waals surface area contributed by atoms with E-state index in [0.717, 1.165) is 24.1 Å². The van der Waals surface area contributed by atoms with E-state index in [0.29, 0.717) is 37.5 Å². The third kappa shape index (κ3) is 5.26. The number of hydrogen-bond acceptors (Lipinski definition) is 5. The van der Waals surface area contributed by atoms with Crippen molar-refractivity contribution >= 4 is 17.5 Å². The van der Waals surface area contributed by atoms with Gasteiger partial charge in [-0.15, -0.1) is 0 Å². The molecule has 2 N–H and O–H groups in total. The summed E-state index contributed by atoms with van der Waals surface area (Å²) in [6.45, 7) is 6.92. The molecule has 6 nitrogen and oxygen atoms in total. The smallest absolute Gasteiger partial charge is 0.410 e. The summed E-state index contributed by atoms with van der Waals surface area (Å²) >= 11 is 0. The standard InChI is InChI=1S/C22H33F2N3O3/c1-21(2,3)30-20(28)26-10-6-15(7-11-26)16-12-17(25)19(29-4)13-18(16)27-9-5-8-22(23,24)14-27/h12-13,15H,5-11,14,25H2,1-4H3. The SMILES string of the molecule is COc1cc(N2CCCC(F)(F)C2)c(C2CCN(C(=O)OC(C)(C)C)CC2)cc1N. The normalized spacial score (nSPS) is 20.2. The van der Waals surface area contributed by atoms with Gasteiger partial charge in [-0.05, 0) is 57.6 Å². The van der Waals surface area contributed by atoms with Gasteiger partial charge < -0.3 is 25.0 Å². The summed E-state index contributed by atoms with van der Waals surface area (Å²) < 4.78 is 39.0. The van der Waals surface area contributed by atoms with Crippen LogP contribution in [0.25, 0.3) is 0 Å². The fourth-order valence-electron chi connectivity index (χ4n) is 4.25. The first-order chi connectivity index (χ1) is 14.0. The highest BCUT2D eigenvalue weighted by molar-refractivity contribution is 5.70. The largest absolute Gasteiger partial charge is 0.495 e. The van der Waals surface area contributed by atoms with Crippen molar-refractivity contribution in [2.75, 3.05) is 43.9 Å². The summed E-state index contributed by atoms with van der Waals surface area (Å²) in [5, 5.41) is 0. The van der Waals surface area contributed by atoms with Gasteiger partial charge in [0.1, 0.15) is 11.4 Å². The molecule has 0 atom stereocenters. The lowest BCUT2D eigenvalue weighted by Gasteiger charge is -2.38. The van der Waals surface area contributed by atoms with Crippen LogP contribution < -0.4 is 15.4 Å². The Balaban J connectivity index is 1.80. The van der Waals surface area contributed by atoms with Gasteiger partial charge in [-0.25, -0.2) is 13.6 Å². The zero-order chi connectivity index (χ0) is 22.1. The maximum Gasteiger partial charge on any atom is 0.410 e. The van der Waals surface area contributed by atoms with Crippen LogP contribution in [0, 0.1) is 0 Å². The van der Waals surface area contributed by atoms with Crippen molar-refractivity contribution in [2.24, 2.45) is 0 Å². The van der Waals surface area contributed by atoms with E-state index in [1.807, 2.05) is 26.8 Å². The summed E-state index contributed by atoms with van der Waals surface area (Å²) in [4.78, 5) is 15.8. The molecule has 2 aliphatic rings. The summed E-state index contributed by atoms with van der Waals surface area (Å²) in [5.74, 6) is -2.08. The summed E-state index contributed by atoms with van der Waals surface area (Å²) in [7, 11) is 1.53. The van der Waals surface area contributed by atoms with Crippen LogP contribution in [0.5, 0.6) is 5.75 Å². The molecule has 2 fully saturated rings. The van der Waals surface area contributed by atoms with E-state index in [2.05, 4.69) is 0 Å². The minimum atomic E-state index is -2.70. The fourth-order valence-corrected chi connectivity index (χ4v) is 4.25. The topological polar surface area (TPSA) is 68.0 Å². The first-order valence-corrected chi connectivity index (χ1v) is 10.6. The number of benzene rings is 1. The van der Waals surface area contributed by atoms with E-state index in [9.17, 15) is 13.6 Å². The lowest BCUT2D eigenvalue weighted by atomic mass is 9.87. The van der Waals surface area contributed by atoms with Crippen molar-refractivity contribution < 1.29 is 23.0 Å². The highest BCUT2D eigenvalue weighted by atomic mass is 19.3. The number of nitrogen functional groups attached to an aromatic ring is 1. The number of halogens is 2. The number of carbonyl (C=O) groups is 1. The Morgan fingerprint density at radius 1 is 1.20 bits per heavy atom. The summed E-state index contributed by atoms with van der Waals surface area (Å²) in [5.41, 5.74) is 7.83. The van der Waals surface area contributed by atoms with Gasteiger partial charge in [-0.3, -0.25) is 0 Å². The quantitative estimate of drug-likeness (QED) is 0.716. The van der Waals surface area contributed by atoms with Gasteiger partial charge in [0.25, 0.3) is 5.92 Å². The van der Waals surface area contributed by atoms with Crippen LogP contribution in [0.1, 0.15) is 57.9 Å². The average Bonchev–Trinajstić information content (AvgIpc) is 2.65. The van der Waals surface area contributed by atoms with Gasteiger partial charge in [-0.2, -0.15) is 0 Å². The molecule has 2 saturated heterocycles. The van der Waals surface area contributed by atoms with Crippen molar-refractivity contribution in [3.8, 4) is 5.75 Å². The third-order valence-electron chi connectivity index (χ3n) is 5.70. The van der Waals surface area contributed by atoms with Crippen LogP contribution >= 0.6 is 0 Å². The van der Waals surface area contributed by atoms with Gasteiger partial charge in [0, 0.05) is 37.8 Å². The van der Waals surface area contributed by atoms with Crippen molar-refractivity contribution in [1.82, 2.24) is 4.90 Å². The molecule has 3 rings (SSSR count). The van der Waals surface area contributed by atoms with E-state index in [-0.39, 0.29) is 25.0 Å². The first kappa shape index (κ1) is 22.4. The number of ether oxygens (including phenoxy) is 2. The second-order valence-electron chi connectivity index (χ2n) is 9.28. The fraction of sp³-hybridized carbons (Fsp3) is 0.682. The molecule has 0 bridgehead atoms. The number of carbonyl (C=O) groups excluding carboxylic acids is 1. The predicted octanol–water partition coefficient (Wildman–Crippen LogP) is 4.63. The monoisotopic (exact) mass is 425 g/mol. The van der Waals surface area contributed by atoms with Crippen LogP contribution in [-0.4, -0.2) is 55.8 Å². The lowest BCUT2D eigenvalue weighted by Crippen LogP contribution is -2.44. The minimum absolute atomic E-state index is 0.0841. The van der Waals surface area contributed by atoms with E-state index in [1.54, 1.807) is 15.9 Å². The van der Waals surface area contributed by atoms with E-state index in [1.165, 1.54) is 7.11 Å². The van der Waals surface area contributed by atoms with E-state index >= 15 is 0 Å². The molecule has 0 aliphatic carbocycles. The zero-order valence-electron chi connectivity index (χ0n) is 18.3. The van der Waals surface area contributed by atoms with Crippen LogP contribution in [-0.2, 0) is 4.74 Å². The number of nitrogens with zero attached hydrogens (tertiary/aromatic N) is 2. The summed E-state index contributed by atoms with van der Waals surface area (Å²) in [6.07, 6.45) is 1.49. The molecule has 0 unspecified atom stereocenters. The number of methoxy groups -OCH3 is 1. The third-order valence-corrected chi connectivity index (χ3v) is 5.70. The number of alkyl halides is 2. The Morgan fingerprint density at radius 2 is 1.87 bits per heavy atom. The van der Waals surface area contributed by atoms with Gasteiger partial charge in [0.2, 0.25) is 0 Å². The Labute approximate surface area is 177 Å². The Bertz CT molecular complexity index is 772. The van der Waals surface area contributed by atoms with E-state index in [4.69, 9.17) is 15.2 Å². The molecule has 8 heteroatoms. The molecule has 30 heavy (non-hydrogen) atoms. The molecule has 0 spiro atoms. The van der Waals surface area contributed by atoms with Crippen LogP contribution in [0.15, 0.2) is 12.1 Å². The molecule has 168 valence electrons. The van der Waals surface area contributed by atoms with Gasteiger partial charge in [0.05, 0.1) is 19.3 Å². The first-order valence-electron chi connectivity index (χ1n) is 10.6. The van der Waals surface area contributed by atoms with Crippen molar-refractivity contribution in [2.45, 2.75) is 63.9 Å². The molecule has 0 aromatic heterocycles. The number of nitrogens with two attached hydrogens (primary N) is 1. The number of piperidine rings is 2. The highest BCUT2D eigenvalue weighted by Gasteiger charge is 2.37. The Kier molecular flexibility index (Phi) is 6.34. The predicted molar refractivity (Wildman–Crippen MR) is 114 cm³/mol. The molecule has 2 aliphatic heterocycles. The molecule has 2 heterocycles. The van der Waals surface area contributed by atoms with Crippen LogP contribution in [0.3, 0.4) is 0 Å². The number of hydrogen-bond donors (Lipinski definition) is 1. The van der Waals surface area contributed by atoms with Crippen LogP contribution in [0.2, 0.25) is 0 Å². The van der Waals surface area contributed by atoms with Crippen molar-refractivity contribution in [1.29, 1.82) is 0 Å². The molecular weight excluding hydrogens is 392 g/mol. The molecule has 1 aromatic rings. The minimum Gasteiger partial charge on any atom is -0.495 e. The number of likely N-dealkylation sites (tertiary alicyclic amines) is 1. The second-order valence-corrected chi connectivity index (χ2v) is 9.28. The average molecular weight is 426 g/mol. The molecule has 0 saturated carbocycles. The second kappa shape index (κ2) is 8.47. The highest BCUT2D eigenvalue weighted by Crippen LogP contribution is 2.42. The van der Waals surface area contributed by atoms with Crippen LogP contribution in [0.4, 0.5) is 25.0 Å². The molecule has 1 aromatic carbocycles. The maximum atomic E-state index is 14.1. The van der Waals surface area contributed by atoms with E-state index < -0.39 is 11.5 Å². The maximum absolute atomic E-state index is 14.1. The van der Waals surface area contributed by atoms with Gasteiger partial charge in [-0.1, -0.05) is 0 Å². The van der Waals surface area contributed by atoms with Gasteiger partial charge >= 0.3 is 6.09 Å². The summed E-state index contributed by atoms with van der Waals surface area (Å²) in [6, 6.07) is 3.64. The molecular formula is C22H33F2N3O3. The van der Waals surface area contributed by atoms with Crippen molar-refractivity contribution in [3.05, 3.63) is 17.7 Å². The number of anilines is 2. The Hall–Kier alpha value is -2.25. The van der Waals surface area contributed by atoms with Crippen molar-refractivity contribution in [3.63, 3.8) is 0 Å².